The van der Waals surface area contributed by atoms with Gasteiger partial charge in [0.2, 0.25) is 11.7 Å². The monoisotopic (exact) mass is 417 g/mol. The average molecular weight is 417 g/mol. The van der Waals surface area contributed by atoms with Crippen LogP contribution in [0, 0.1) is 15.9 Å². The van der Waals surface area contributed by atoms with E-state index in [1.54, 1.807) is 28.8 Å². The number of nitro groups is 1. The molecule has 3 aromatic rings. The fourth-order valence-corrected chi connectivity index (χ4v) is 3.40. The number of aromatic nitrogens is 3. The first kappa shape index (κ1) is 20.3. The molecule has 1 aromatic heterocycles. The minimum atomic E-state index is -0.977. The highest BCUT2D eigenvalue weighted by molar-refractivity contribution is 7.99. The average Bonchev–Trinajstić information content (AvgIpc) is 3.10. The highest BCUT2D eigenvalue weighted by atomic mass is 32.2. The van der Waals surface area contributed by atoms with Gasteiger partial charge < -0.3 is 15.0 Å². The van der Waals surface area contributed by atoms with E-state index in [1.165, 1.54) is 6.07 Å². The van der Waals surface area contributed by atoms with Gasteiger partial charge in [0.05, 0.1) is 16.2 Å². The van der Waals surface area contributed by atoms with E-state index in [-0.39, 0.29) is 17.2 Å². The van der Waals surface area contributed by atoms with Gasteiger partial charge in [0, 0.05) is 18.3 Å². The molecule has 0 atom stereocenters. The van der Waals surface area contributed by atoms with Crippen molar-refractivity contribution in [2.45, 2.75) is 18.6 Å². The lowest BCUT2D eigenvalue weighted by molar-refractivity contribution is -0.387. The van der Waals surface area contributed by atoms with Gasteiger partial charge in [-0.1, -0.05) is 23.9 Å². The first-order valence-corrected chi connectivity index (χ1v) is 9.47. The van der Waals surface area contributed by atoms with Gasteiger partial charge in [-0.2, -0.15) is 4.39 Å². The van der Waals surface area contributed by atoms with Crippen molar-refractivity contribution in [3.8, 4) is 17.1 Å². The van der Waals surface area contributed by atoms with Crippen LogP contribution in [0.15, 0.2) is 47.6 Å². The largest absolute Gasteiger partial charge is 0.507 e. The lowest BCUT2D eigenvalue weighted by Gasteiger charge is -2.09. The van der Waals surface area contributed by atoms with Crippen LogP contribution in [0.25, 0.3) is 11.4 Å². The highest BCUT2D eigenvalue weighted by Gasteiger charge is 2.18. The van der Waals surface area contributed by atoms with Crippen molar-refractivity contribution in [1.29, 1.82) is 0 Å². The van der Waals surface area contributed by atoms with Crippen molar-refractivity contribution >= 4 is 29.0 Å². The molecular weight excluding hydrogens is 401 g/mol. The Bertz CT molecular complexity index is 1070. The van der Waals surface area contributed by atoms with Crippen molar-refractivity contribution in [1.82, 2.24) is 14.8 Å². The number of phenolic OH excluding ortho intramolecular Hbond substituents is 1. The summed E-state index contributed by atoms with van der Waals surface area (Å²) in [6, 6.07) is 9.86. The third-order valence-corrected chi connectivity index (χ3v) is 4.90. The molecule has 0 aliphatic carbocycles. The number of thioether (sulfide) groups is 1. The summed E-state index contributed by atoms with van der Waals surface area (Å²) in [5, 5.41) is 32.0. The molecule has 1 amide bonds. The second-order valence-corrected chi connectivity index (χ2v) is 6.77. The Kier molecular flexibility index (Phi) is 6.07. The molecule has 0 saturated carbocycles. The van der Waals surface area contributed by atoms with E-state index in [9.17, 15) is 24.4 Å². The molecule has 0 unspecified atom stereocenters. The maximum Gasteiger partial charge on any atom is 0.306 e. The number of para-hydroxylation sites is 1. The number of benzene rings is 2. The Balaban J connectivity index is 1.70. The van der Waals surface area contributed by atoms with E-state index in [0.717, 1.165) is 23.9 Å². The number of rotatable bonds is 7. The molecular formula is C18H16FN5O4S. The van der Waals surface area contributed by atoms with Gasteiger partial charge in [-0.05, 0) is 31.2 Å². The Morgan fingerprint density at radius 1 is 1.31 bits per heavy atom. The molecule has 0 bridgehead atoms. The third-order valence-electron chi connectivity index (χ3n) is 3.94. The van der Waals surface area contributed by atoms with E-state index in [1.807, 2.05) is 6.92 Å². The molecule has 0 aliphatic heterocycles. The fourth-order valence-electron chi connectivity index (χ4n) is 2.60. The van der Waals surface area contributed by atoms with Crippen molar-refractivity contribution in [2.24, 2.45) is 0 Å². The zero-order valence-corrected chi connectivity index (χ0v) is 16.0. The number of hydrogen-bond acceptors (Lipinski definition) is 7. The number of aromatic hydroxyl groups is 1. The summed E-state index contributed by atoms with van der Waals surface area (Å²) in [6.07, 6.45) is 0. The molecule has 1 heterocycles. The molecule has 0 spiro atoms. The molecule has 11 heteroatoms. The van der Waals surface area contributed by atoms with Gasteiger partial charge in [-0.15, -0.1) is 10.2 Å². The number of hydrogen-bond donors (Lipinski definition) is 2. The molecule has 2 aromatic carbocycles. The van der Waals surface area contributed by atoms with Crippen molar-refractivity contribution in [3.63, 3.8) is 0 Å². The van der Waals surface area contributed by atoms with Gasteiger partial charge in [0.15, 0.2) is 11.0 Å². The number of phenols is 1. The molecule has 150 valence electrons. The van der Waals surface area contributed by atoms with Crippen LogP contribution in [0.5, 0.6) is 5.75 Å². The van der Waals surface area contributed by atoms with Crippen LogP contribution >= 0.6 is 11.8 Å². The molecule has 29 heavy (non-hydrogen) atoms. The van der Waals surface area contributed by atoms with Crippen LogP contribution in [0.2, 0.25) is 0 Å². The maximum absolute atomic E-state index is 13.4. The number of nitro benzene ring substituents is 1. The first-order valence-electron chi connectivity index (χ1n) is 8.48. The van der Waals surface area contributed by atoms with E-state index < -0.39 is 22.3 Å². The number of carbonyl (C=O) groups is 1. The number of anilines is 1. The van der Waals surface area contributed by atoms with E-state index in [4.69, 9.17) is 0 Å². The Labute approximate surface area is 168 Å². The summed E-state index contributed by atoms with van der Waals surface area (Å²) in [7, 11) is 0. The highest BCUT2D eigenvalue weighted by Crippen LogP contribution is 2.30. The topological polar surface area (TPSA) is 123 Å². The third kappa shape index (κ3) is 4.51. The van der Waals surface area contributed by atoms with Gasteiger partial charge in [0.25, 0.3) is 0 Å². The van der Waals surface area contributed by atoms with Crippen LogP contribution in [-0.2, 0) is 11.3 Å². The fraction of sp³-hybridized carbons (Fsp3) is 0.167. The summed E-state index contributed by atoms with van der Waals surface area (Å²) in [6.45, 7) is 2.40. The minimum absolute atomic E-state index is 0.0376. The molecule has 0 saturated heterocycles. The van der Waals surface area contributed by atoms with Gasteiger partial charge >= 0.3 is 5.69 Å². The van der Waals surface area contributed by atoms with Crippen LogP contribution in [0.3, 0.4) is 0 Å². The lowest BCUT2D eigenvalue weighted by atomic mass is 10.2. The summed E-state index contributed by atoms with van der Waals surface area (Å²) in [5.41, 5.74) is -0.0687. The standard InChI is InChI=1S/C18H16FN5O4S/c1-2-23-17(12-5-3-4-6-15(12)25)21-22-18(23)29-10-16(26)20-11-7-8-13(19)14(9-11)24(27)28/h3-9,25H,2,10H2,1H3,(H,20,26). The van der Waals surface area contributed by atoms with Crippen molar-refractivity contribution < 1.29 is 19.2 Å². The Hall–Kier alpha value is -3.47. The second-order valence-electron chi connectivity index (χ2n) is 5.83. The smallest absolute Gasteiger partial charge is 0.306 e. The van der Waals surface area contributed by atoms with E-state index in [2.05, 4.69) is 15.5 Å². The zero-order valence-electron chi connectivity index (χ0n) is 15.2. The van der Waals surface area contributed by atoms with Crippen LogP contribution in [0.1, 0.15) is 6.92 Å². The molecule has 2 N–H and O–H groups in total. The van der Waals surface area contributed by atoms with Crippen LogP contribution in [0.4, 0.5) is 15.8 Å². The summed E-state index contributed by atoms with van der Waals surface area (Å²) >= 11 is 1.12. The summed E-state index contributed by atoms with van der Waals surface area (Å²) in [4.78, 5) is 22.1. The Morgan fingerprint density at radius 3 is 2.76 bits per heavy atom. The second kappa shape index (κ2) is 8.69. The van der Waals surface area contributed by atoms with Gasteiger partial charge in [-0.25, -0.2) is 0 Å². The number of nitrogens with one attached hydrogen (secondary N) is 1. The molecule has 0 radical (unpaired) electrons. The predicted molar refractivity (Wildman–Crippen MR) is 105 cm³/mol. The summed E-state index contributed by atoms with van der Waals surface area (Å²) in [5.74, 6) is -0.908. The SMILES string of the molecule is CCn1c(SCC(=O)Nc2ccc(F)c([N+](=O)[O-])c2)nnc1-c1ccccc1O. The quantitative estimate of drug-likeness (QED) is 0.343. The van der Waals surface area contributed by atoms with Gasteiger partial charge in [0.1, 0.15) is 5.75 Å². The number of halogens is 1. The van der Waals surface area contributed by atoms with Crippen LogP contribution < -0.4 is 5.32 Å². The number of amides is 1. The predicted octanol–water partition coefficient (Wildman–Crippen LogP) is 3.45. The molecule has 0 aliphatic rings. The summed E-state index contributed by atoms with van der Waals surface area (Å²) < 4.78 is 15.1. The van der Waals surface area contributed by atoms with Crippen LogP contribution in [-0.4, -0.2) is 36.5 Å². The number of carbonyl (C=O) groups excluding carboxylic acids is 1. The minimum Gasteiger partial charge on any atom is -0.507 e. The van der Waals surface area contributed by atoms with E-state index >= 15 is 0 Å². The first-order chi connectivity index (χ1) is 13.9. The van der Waals surface area contributed by atoms with E-state index in [0.29, 0.717) is 23.1 Å². The maximum atomic E-state index is 13.4. The Morgan fingerprint density at radius 2 is 2.07 bits per heavy atom. The molecule has 0 fully saturated rings. The molecule has 9 nitrogen and oxygen atoms in total. The molecule has 3 rings (SSSR count). The van der Waals surface area contributed by atoms with Crippen molar-refractivity contribution in [2.75, 3.05) is 11.1 Å². The normalized spacial score (nSPS) is 10.7. The van der Waals surface area contributed by atoms with Crippen molar-refractivity contribution in [3.05, 3.63) is 58.4 Å². The van der Waals surface area contributed by atoms with Gasteiger partial charge in [-0.3, -0.25) is 14.9 Å². The number of nitrogens with zero attached hydrogens (tertiary/aromatic N) is 4. The zero-order chi connectivity index (χ0) is 21.0. The lowest BCUT2D eigenvalue weighted by Crippen LogP contribution is -2.15.